The van der Waals surface area contributed by atoms with Crippen LogP contribution in [0.2, 0.25) is 0 Å². The fraction of sp³-hybridized carbons (Fsp3) is 0.192. The summed E-state index contributed by atoms with van der Waals surface area (Å²) in [6.07, 6.45) is 4.93. The van der Waals surface area contributed by atoms with Crippen molar-refractivity contribution in [2.75, 3.05) is 0 Å². The van der Waals surface area contributed by atoms with Gasteiger partial charge in [0.25, 0.3) is 0 Å². The van der Waals surface area contributed by atoms with Gasteiger partial charge in [-0.25, -0.2) is 14.4 Å². The molecule has 0 aliphatic rings. The van der Waals surface area contributed by atoms with E-state index in [0.29, 0.717) is 17.8 Å². The van der Waals surface area contributed by atoms with Crippen molar-refractivity contribution in [1.29, 1.82) is 0 Å². The Morgan fingerprint density at radius 1 is 1.06 bits per heavy atom. The highest BCUT2D eigenvalue weighted by atomic mass is 16.5. The molecule has 8 heteroatoms. The number of aromatic nitrogens is 6. The van der Waals surface area contributed by atoms with Crippen LogP contribution in [0.3, 0.4) is 0 Å². The standard InChI is InChI=1S/C26H24N6O2/c1-3-17(2)34-26(33)23-9-6-14-32-24(23)20(16-27-32)15-18-10-12-19(13-11-18)21-7-4-5-8-22(21)25-28-30-31-29-25/h4-14,16-17H,3,15H2,1-2H3,(H,28,29,30,31). The van der Waals surface area contributed by atoms with Crippen molar-refractivity contribution in [3.63, 3.8) is 0 Å². The molecule has 34 heavy (non-hydrogen) atoms. The predicted octanol–water partition coefficient (Wildman–Crippen LogP) is 4.73. The fourth-order valence-corrected chi connectivity index (χ4v) is 3.97. The number of tetrazole rings is 1. The third-order valence-electron chi connectivity index (χ3n) is 5.91. The summed E-state index contributed by atoms with van der Waals surface area (Å²) in [6, 6.07) is 20.0. The summed E-state index contributed by atoms with van der Waals surface area (Å²) in [6.45, 7) is 3.89. The number of nitrogens with one attached hydrogen (secondary N) is 1. The lowest BCUT2D eigenvalue weighted by Gasteiger charge is -2.12. The van der Waals surface area contributed by atoms with Crippen LogP contribution in [0, 0.1) is 0 Å². The summed E-state index contributed by atoms with van der Waals surface area (Å²) in [5.41, 5.74) is 6.43. The quantitative estimate of drug-likeness (QED) is 0.359. The summed E-state index contributed by atoms with van der Waals surface area (Å²) < 4.78 is 7.31. The summed E-state index contributed by atoms with van der Waals surface area (Å²) in [5, 5.41) is 18.7. The Hall–Kier alpha value is -4.33. The number of H-pyrrole nitrogens is 1. The first-order valence-electron chi connectivity index (χ1n) is 11.2. The maximum atomic E-state index is 12.8. The van der Waals surface area contributed by atoms with Gasteiger partial charge < -0.3 is 4.74 Å². The van der Waals surface area contributed by atoms with Gasteiger partial charge in [0, 0.05) is 23.7 Å². The van der Waals surface area contributed by atoms with E-state index in [9.17, 15) is 4.79 Å². The van der Waals surface area contributed by atoms with Gasteiger partial charge in [-0.2, -0.15) is 5.10 Å². The van der Waals surface area contributed by atoms with Crippen LogP contribution in [-0.4, -0.2) is 42.3 Å². The van der Waals surface area contributed by atoms with Gasteiger partial charge in [-0.3, -0.25) is 0 Å². The summed E-state index contributed by atoms with van der Waals surface area (Å²) >= 11 is 0. The van der Waals surface area contributed by atoms with Gasteiger partial charge in [0.1, 0.15) is 0 Å². The number of carbonyl (C=O) groups is 1. The fourth-order valence-electron chi connectivity index (χ4n) is 3.97. The highest BCUT2D eigenvalue weighted by Gasteiger charge is 2.18. The Morgan fingerprint density at radius 3 is 2.59 bits per heavy atom. The second-order valence-corrected chi connectivity index (χ2v) is 8.18. The average molecular weight is 453 g/mol. The number of ether oxygens (including phenoxy) is 1. The first kappa shape index (κ1) is 21.5. The van der Waals surface area contributed by atoms with E-state index in [-0.39, 0.29) is 12.1 Å². The monoisotopic (exact) mass is 452 g/mol. The van der Waals surface area contributed by atoms with E-state index in [2.05, 4.69) is 50.0 Å². The van der Waals surface area contributed by atoms with E-state index in [1.807, 2.05) is 56.6 Å². The number of esters is 1. The molecule has 8 nitrogen and oxygen atoms in total. The van der Waals surface area contributed by atoms with Crippen molar-refractivity contribution in [3.8, 4) is 22.5 Å². The number of benzene rings is 2. The smallest absolute Gasteiger partial charge is 0.340 e. The molecule has 0 aliphatic carbocycles. The Morgan fingerprint density at radius 2 is 1.85 bits per heavy atom. The van der Waals surface area contributed by atoms with E-state index in [1.54, 1.807) is 10.6 Å². The van der Waals surface area contributed by atoms with Gasteiger partial charge in [0.15, 0.2) is 5.82 Å². The normalized spacial score (nSPS) is 12.1. The lowest BCUT2D eigenvalue weighted by Crippen LogP contribution is -2.15. The Balaban J connectivity index is 1.44. The van der Waals surface area contributed by atoms with Crippen molar-refractivity contribution in [2.24, 2.45) is 0 Å². The maximum Gasteiger partial charge on any atom is 0.340 e. The van der Waals surface area contributed by atoms with Crippen LogP contribution in [0.1, 0.15) is 41.8 Å². The van der Waals surface area contributed by atoms with E-state index in [1.165, 1.54) is 0 Å². The summed E-state index contributed by atoms with van der Waals surface area (Å²) in [5.74, 6) is 0.304. The molecule has 0 saturated heterocycles. The van der Waals surface area contributed by atoms with Crippen LogP contribution in [-0.2, 0) is 11.2 Å². The van der Waals surface area contributed by atoms with Crippen molar-refractivity contribution >= 4 is 11.5 Å². The molecule has 3 heterocycles. The molecule has 0 spiro atoms. The van der Waals surface area contributed by atoms with Gasteiger partial charge in [0.2, 0.25) is 0 Å². The molecule has 1 N–H and O–H groups in total. The zero-order valence-corrected chi connectivity index (χ0v) is 19.0. The van der Waals surface area contributed by atoms with Gasteiger partial charge >= 0.3 is 5.97 Å². The number of carbonyl (C=O) groups excluding carboxylic acids is 1. The van der Waals surface area contributed by atoms with Crippen LogP contribution in [0.5, 0.6) is 0 Å². The summed E-state index contributed by atoms with van der Waals surface area (Å²) in [7, 11) is 0. The second-order valence-electron chi connectivity index (χ2n) is 8.18. The molecule has 5 rings (SSSR count). The Labute approximate surface area is 196 Å². The van der Waals surface area contributed by atoms with Crippen LogP contribution in [0.4, 0.5) is 0 Å². The number of hydrogen-bond acceptors (Lipinski definition) is 6. The van der Waals surface area contributed by atoms with Crippen LogP contribution < -0.4 is 0 Å². The molecule has 0 aliphatic heterocycles. The SMILES string of the molecule is CCC(C)OC(=O)c1cccn2ncc(Cc3ccc(-c4ccccc4-c4nnn[nH]4)cc3)c12. The molecule has 1 unspecified atom stereocenters. The average Bonchev–Trinajstić information content (AvgIpc) is 3.55. The van der Waals surface area contributed by atoms with Crippen LogP contribution in [0.15, 0.2) is 73.1 Å². The Kier molecular flexibility index (Phi) is 5.86. The molecule has 0 saturated carbocycles. The van der Waals surface area contributed by atoms with Crippen LogP contribution in [0.25, 0.3) is 28.0 Å². The minimum Gasteiger partial charge on any atom is -0.459 e. The highest BCUT2D eigenvalue weighted by molar-refractivity contribution is 5.98. The number of rotatable bonds is 7. The lowest BCUT2D eigenvalue weighted by atomic mass is 9.97. The number of pyridine rings is 1. The highest BCUT2D eigenvalue weighted by Crippen LogP contribution is 2.30. The molecule has 0 amide bonds. The van der Waals surface area contributed by atoms with Crippen molar-refractivity contribution < 1.29 is 9.53 Å². The van der Waals surface area contributed by atoms with E-state index >= 15 is 0 Å². The van der Waals surface area contributed by atoms with Crippen molar-refractivity contribution in [2.45, 2.75) is 32.8 Å². The zero-order chi connectivity index (χ0) is 23.5. The predicted molar refractivity (Wildman–Crippen MR) is 128 cm³/mol. The first-order valence-corrected chi connectivity index (χ1v) is 11.2. The third kappa shape index (κ3) is 4.17. The summed E-state index contributed by atoms with van der Waals surface area (Å²) in [4.78, 5) is 12.8. The van der Waals surface area contributed by atoms with E-state index < -0.39 is 0 Å². The molecule has 0 radical (unpaired) electrons. The van der Waals surface area contributed by atoms with E-state index in [4.69, 9.17) is 4.74 Å². The van der Waals surface area contributed by atoms with Gasteiger partial charge in [-0.1, -0.05) is 55.5 Å². The number of hydrogen-bond donors (Lipinski definition) is 1. The van der Waals surface area contributed by atoms with Crippen LogP contribution >= 0.6 is 0 Å². The van der Waals surface area contributed by atoms with Gasteiger partial charge in [-0.15, -0.1) is 5.10 Å². The molecular weight excluding hydrogens is 428 g/mol. The molecular formula is C26H24N6O2. The van der Waals surface area contributed by atoms with Gasteiger partial charge in [-0.05, 0) is 52.6 Å². The molecule has 0 fully saturated rings. The largest absolute Gasteiger partial charge is 0.459 e. The maximum absolute atomic E-state index is 12.8. The molecule has 1 atom stereocenters. The van der Waals surface area contributed by atoms with Gasteiger partial charge in [0.05, 0.1) is 23.4 Å². The number of nitrogens with zero attached hydrogens (tertiary/aromatic N) is 5. The van der Waals surface area contributed by atoms with Crippen molar-refractivity contribution in [1.82, 2.24) is 30.2 Å². The molecule has 5 aromatic rings. The molecule has 2 aromatic carbocycles. The molecule has 3 aromatic heterocycles. The second kappa shape index (κ2) is 9.27. The number of aromatic amines is 1. The lowest BCUT2D eigenvalue weighted by molar-refractivity contribution is 0.0336. The van der Waals surface area contributed by atoms with E-state index in [0.717, 1.165) is 39.8 Å². The Bertz CT molecular complexity index is 1420. The molecule has 0 bridgehead atoms. The first-order chi connectivity index (χ1) is 16.6. The minimum absolute atomic E-state index is 0.137. The topological polar surface area (TPSA) is 98.1 Å². The van der Waals surface area contributed by atoms with Crippen molar-refractivity contribution in [3.05, 3.63) is 89.7 Å². The zero-order valence-electron chi connectivity index (χ0n) is 19.0. The third-order valence-corrected chi connectivity index (χ3v) is 5.91. The number of fused-ring (bicyclic) bond motifs is 1. The molecule has 170 valence electrons. The minimum atomic E-state index is -0.324.